The van der Waals surface area contributed by atoms with Gasteiger partial charge in [-0.2, -0.15) is 0 Å². The largest absolute Gasteiger partial charge is 0.322 e. The van der Waals surface area contributed by atoms with Crippen molar-refractivity contribution in [1.29, 1.82) is 0 Å². The highest BCUT2D eigenvalue weighted by atomic mass is 32.2. The predicted molar refractivity (Wildman–Crippen MR) is 132 cm³/mol. The number of rotatable bonds is 5. The standard InChI is InChI=1S/C27H19FN2O2S/c28-23-13-4-1-12-22(23)27(32)29-18-8-7-9-19(16-18)33-17-26(31)30-24-14-5-2-10-20(24)21-11-3-6-15-25(21)30/h1-16H,17H2,(H,29,32). The maximum atomic E-state index is 13.9. The van der Waals surface area contributed by atoms with Crippen molar-refractivity contribution in [3.8, 4) is 0 Å². The molecular formula is C27H19FN2O2S. The molecule has 1 heterocycles. The third-order valence-corrected chi connectivity index (χ3v) is 6.38. The highest BCUT2D eigenvalue weighted by molar-refractivity contribution is 8.00. The van der Waals surface area contributed by atoms with E-state index in [1.54, 1.807) is 28.8 Å². The highest BCUT2D eigenvalue weighted by Crippen LogP contribution is 2.30. The van der Waals surface area contributed by atoms with Gasteiger partial charge in [0, 0.05) is 21.4 Å². The van der Waals surface area contributed by atoms with Gasteiger partial charge in [-0.1, -0.05) is 54.6 Å². The van der Waals surface area contributed by atoms with E-state index >= 15 is 0 Å². The third-order valence-electron chi connectivity index (χ3n) is 5.40. The van der Waals surface area contributed by atoms with Crippen molar-refractivity contribution in [1.82, 2.24) is 4.57 Å². The van der Waals surface area contributed by atoms with Gasteiger partial charge >= 0.3 is 0 Å². The molecule has 0 aliphatic heterocycles. The van der Waals surface area contributed by atoms with Crippen LogP contribution in [0.15, 0.2) is 102 Å². The van der Waals surface area contributed by atoms with Crippen LogP contribution in [0, 0.1) is 5.82 Å². The van der Waals surface area contributed by atoms with Crippen LogP contribution in [-0.2, 0) is 0 Å². The van der Waals surface area contributed by atoms with Crippen molar-refractivity contribution in [2.75, 3.05) is 11.1 Å². The Morgan fingerprint density at radius 2 is 1.42 bits per heavy atom. The molecule has 162 valence electrons. The van der Waals surface area contributed by atoms with Gasteiger partial charge in [-0.15, -0.1) is 11.8 Å². The Labute approximate surface area is 194 Å². The van der Waals surface area contributed by atoms with Crippen molar-refractivity contribution < 1.29 is 14.0 Å². The van der Waals surface area contributed by atoms with Crippen molar-refractivity contribution in [2.24, 2.45) is 0 Å². The Hall–Kier alpha value is -3.90. The fourth-order valence-electron chi connectivity index (χ4n) is 3.91. The second kappa shape index (κ2) is 8.92. The van der Waals surface area contributed by atoms with Gasteiger partial charge in [0.15, 0.2) is 0 Å². The summed E-state index contributed by atoms with van der Waals surface area (Å²) in [6.07, 6.45) is 0. The molecule has 0 bridgehead atoms. The summed E-state index contributed by atoms with van der Waals surface area (Å²) in [6, 6.07) is 28.8. The average molecular weight is 455 g/mol. The number of hydrogen-bond acceptors (Lipinski definition) is 3. The summed E-state index contributed by atoms with van der Waals surface area (Å²) >= 11 is 1.39. The van der Waals surface area contributed by atoms with Crippen molar-refractivity contribution >= 4 is 51.1 Å². The van der Waals surface area contributed by atoms with Gasteiger partial charge in [-0.05, 0) is 42.5 Å². The highest BCUT2D eigenvalue weighted by Gasteiger charge is 2.16. The molecule has 0 spiro atoms. The molecule has 6 heteroatoms. The number of nitrogens with zero attached hydrogens (tertiary/aromatic N) is 1. The van der Waals surface area contributed by atoms with Gasteiger partial charge in [0.2, 0.25) is 5.91 Å². The fraction of sp³-hybridized carbons (Fsp3) is 0.0370. The molecule has 1 aromatic heterocycles. The summed E-state index contributed by atoms with van der Waals surface area (Å²) in [5.41, 5.74) is 2.29. The molecule has 0 aliphatic carbocycles. The molecule has 0 saturated carbocycles. The maximum absolute atomic E-state index is 13.9. The molecular weight excluding hydrogens is 435 g/mol. The number of benzene rings is 4. The second-order valence-electron chi connectivity index (χ2n) is 7.51. The van der Waals surface area contributed by atoms with Gasteiger partial charge in [0.1, 0.15) is 5.82 Å². The summed E-state index contributed by atoms with van der Waals surface area (Å²) < 4.78 is 15.6. The molecule has 0 unspecified atom stereocenters. The summed E-state index contributed by atoms with van der Waals surface area (Å²) in [6.45, 7) is 0. The summed E-state index contributed by atoms with van der Waals surface area (Å²) in [5.74, 6) is -0.889. The fourth-order valence-corrected chi connectivity index (χ4v) is 4.71. The number of hydrogen-bond donors (Lipinski definition) is 1. The van der Waals surface area contributed by atoms with Gasteiger partial charge in [0.05, 0.1) is 22.3 Å². The third kappa shape index (κ3) is 4.13. The molecule has 5 aromatic rings. The number of para-hydroxylation sites is 2. The van der Waals surface area contributed by atoms with Crippen LogP contribution >= 0.6 is 11.8 Å². The molecule has 0 fully saturated rings. The molecule has 4 aromatic carbocycles. The lowest BCUT2D eigenvalue weighted by molar-refractivity contribution is 0.0950. The molecule has 0 atom stereocenters. The zero-order valence-electron chi connectivity index (χ0n) is 17.5. The average Bonchev–Trinajstić information content (AvgIpc) is 3.18. The van der Waals surface area contributed by atoms with E-state index in [4.69, 9.17) is 0 Å². The molecule has 4 nitrogen and oxygen atoms in total. The molecule has 1 amide bonds. The normalized spacial score (nSPS) is 11.1. The number of thioether (sulfide) groups is 1. The molecule has 5 rings (SSSR count). The van der Waals surface area contributed by atoms with Crippen LogP contribution in [0.2, 0.25) is 0 Å². The van der Waals surface area contributed by atoms with Gasteiger partial charge in [-0.3, -0.25) is 14.2 Å². The van der Waals surface area contributed by atoms with Crippen molar-refractivity contribution in [2.45, 2.75) is 4.90 Å². The van der Waals surface area contributed by atoms with E-state index in [1.807, 2.05) is 54.6 Å². The molecule has 0 aliphatic rings. The van der Waals surface area contributed by atoms with Gasteiger partial charge in [0.25, 0.3) is 5.91 Å². The lowest BCUT2D eigenvalue weighted by Crippen LogP contribution is -2.14. The van der Waals surface area contributed by atoms with Crippen LogP contribution < -0.4 is 5.32 Å². The van der Waals surface area contributed by atoms with Crippen molar-refractivity contribution in [3.63, 3.8) is 0 Å². The van der Waals surface area contributed by atoms with Crippen LogP contribution in [0.25, 0.3) is 21.8 Å². The number of carbonyl (C=O) groups is 2. The van der Waals surface area contributed by atoms with E-state index in [2.05, 4.69) is 5.32 Å². The molecule has 0 saturated heterocycles. The molecule has 33 heavy (non-hydrogen) atoms. The zero-order valence-corrected chi connectivity index (χ0v) is 18.3. The summed E-state index contributed by atoms with van der Waals surface area (Å²) in [7, 11) is 0. The molecule has 0 radical (unpaired) electrons. The minimum atomic E-state index is -0.572. The Kier molecular flexibility index (Phi) is 5.67. The summed E-state index contributed by atoms with van der Waals surface area (Å²) in [5, 5.41) is 4.81. The van der Waals surface area contributed by atoms with Crippen LogP contribution in [0.3, 0.4) is 0 Å². The number of halogens is 1. The van der Waals surface area contributed by atoms with Crippen LogP contribution in [0.4, 0.5) is 10.1 Å². The topological polar surface area (TPSA) is 51.1 Å². The zero-order chi connectivity index (χ0) is 22.8. The lowest BCUT2D eigenvalue weighted by atomic mass is 10.2. The first-order chi connectivity index (χ1) is 16.1. The van der Waals surface area contributed by atoms with Crippen LogP contribution in [0.1, 0.15) is 15.2 Å². The first-order valence-corrected chi connectivity index (χ1v) is 11.4. The molecule has 1 N–H and O–H groups in total. The SMILES string of the molecule is O=C(Nc1cccc(SCC(=O)n2c3ccccc3c3ccccc32)c1)c1ccccc1F. The van der Waals surface area contributed by atoms with Crippen LogP contribution in [-0.4, -0.2) is 22.1 Å². The van der Waals surface area contributed by atoms with E-state index in [1.165, 1.54) is 30.0 Å². The first-order valence-electron chi connectivity index (χ1n) is 10.4. The van der Waals surface area contributed by atoms with E-state index < -0.39 is 11.7 Å². The number of nitrogens with one attached hydrogen (secondary N) is 1. The van der Waals surface area contributed by atoms with Crippen LogP contribution in [0.5, 0.6) is 0 Å². The van der Waals surface area contributed by atoms with Crippen molar-refractivity contribution in [3.05, 3.63) is 108 Å². The van der Waals surface area contributed by atoms with Gasteiger partial charge in [-0.25, -0.2) is 4.39 Å². The maximum Gasteiger partial charge on any atom is 0.258 e. The van der Waals surface area contributed by atoms with E-state index in [0.717, 1.165) is 26.7 Å². The van der Waals surface area contributed by atoms with E-state index in [-0.39, 0.29) is 17.2 Å². The number of anilines is 1. The van der Waals surface area contributed by atoms with E-state index in [9.17, 15) is 14.0 Å². The Morgan fingerprint density at radius 3 is 2.12 bits per heavy atom. The number of fused-ring (bicyclic) bond motifs is 3. The smallest absolute Gasteiger partial charge is 0.258 e. The summed E-state index contributed by atoms with van der Waals surface area (Å²) in [4.78, 5) is 26.5. The monoisotopic (exact) mass is 454 g/mol. The minimum Gasteiger partial charge on any atom is -0.322 e. The number of amides is 1. The predicted octanol–water partition coefficient (Wildman–Crippen LogP) is 6.62. The number of aromatic nitrogens is 1. The number of carbonyl (C=O) groups excluding carboxylic acids is 2. The first kappa shape index (κ1) is 21.0. The van der Waals surface area contributed by atoms with Gasteiger partial charge < -0.3 is 5.32 Å². The minimum absolute atomic E-state index is 0.0166. The Morgan fingerprint density at radius 1 is 0.788 bits per heavy atom. The Balaban J connectivity index is 1.35. The van der Waals surface area contributed by atoms with E-state index in [0.29, 0.717) is 5.69 Å². The second-order valence-corrected chi connectivity index (χ2v) is 8.56. The lowest BCUT2D eigenvalue weighted by Gasteiger charge is -2.09. The Bertz CT molecular complexity index is 1460. The quantitative estimate of drug-likeness (QED) is 0.304.